The number of rotatable bonds is 2. The number of alkyl halides is 3. The second-order valence-corrected chi connectivity index (χ2v) is 3.69. The van der Waals surface area contributed by atoms with Crippen molar-refractivity contribution >= 4 is 11.6 Å². The van der Waals surface area contributed by atoms with Crippen LogP contribution < -0.4 is 4.74 Å². The average molecular weight is 254 g/mol. The Morgan fingerprint density at radius 3 is 2.56 bits per heavy atom. The highest BCUT2D eigenvalue weighted by atomic mass is 35.5. The molecule has 0 spiro atoms. The zero-order valence-corrected chi connectivity index (χ0v) is 8.68. The van der Waals surface area contributed by atoms with Crippen molar-refractivity contribution in [1.82, 2.24) is 4.98 Å². The molecule has 0 amide bonds. The number of aromatic nitrogens is 1. The molecule has 2 rings (SSSR count). The average Bonchev–Trinajstić information content (AvgIpc) is 2.11. The van der Waals surface area contributed by atoms with Gasteiger partial charge in [0.05, 0.1) is 18.8 Å². The minimum atomic E-state index is -4.45. The zero-order chi connectivity index (χ0) is 11.8. The molecular weight excluding hydrogens is 247 g/mol. The predicted octanol–water partition coefficient (Wildman–Crippen LogP) is 2.53. The summed E-state index contributed by atoms with van der Waals surface area (Å²) in [6, 6.07) is 0.795. The molecule has 1 fully saturated rings. The van der Waals surface area contributed by atoms with Gasteiger partial charge in [-0.3, -0.25) is 0 Å². The highest BCUT2D eigenvalue weighted by Crippen LogP contribution is 2.33. The lowest BCUT2D eigenvalue weighted by molar-refractivity contribution is -0.137. The van der Waals surface area contributed by atoms with Crippen molar-refractivity contribution in [2.24, 2.45) is 0 Å². The highest BCUT2D eigenvalue weighted by molar-refractivity contribution is 6.31. The van der Waals surface area contributed by atoms with Gasteiger partial charge in [0.2, 0.25) is 5.88 Å². The van der Waals surface area contributed by atoms with Gasteiger partial charge in [0, 0.05) is 6.20 Å². The molecule has 0 aliphatic carbocycles. The lowest BCUT2D eigenvalue weighted by Gasteiger charge is -2.26. The van der Waals surface area contributed by atoms with E-state index in [1.54, 1.807) is 0 Å². The van der Waals surface area contributed by atoms with Gasteiger partial charge < -0.3 is 9.47 Å². The van der Waals surface area contributed by atoms with Crippen molar-refractivity contribution in [2.45, 2.75) is 12.3 Å². The van der Waals surface area contributed by atoms with Crippen molar-refractivity contribution in [3.63, 3.8) is 0 Å². The number of nitrogens with zero attached hydrogens (tertiary/aromatic N) is 1. The SMILES string of the molecule is FC(F)(F)c1cnc(OC2COC2)c(Cl)c1. The van der Waals surface area contributed by atoms with Gasteiger partial charge in [0.15, 0.2) is 0 Å². The largest absolute Gasteiger partial charge is 0.468 e. The molecule has 0 saturated carbocycles. The second kappa shape index (κ2) is 4.10. The molecule has 16 heavy (non-hydrogen) atoms. The summed E-state index contributed by atoms with van der Waals surface area (Å²) < 4.78 is 46.9. The maximum atomic E-state index is 12.3. The van der Waals surface area contributed by atoms with E-state index in [1.807, 2.05) is 0 Å². The molecule has 0 unspecified atom stereocenters. The standard InChI is InChI=1S/C9H7ClF3NO2/c10-7-1-5(9(11,12)13)2-14-8(7)16-6-3-15-4-6/h1-2,6H,3-4H2. The summed E-state index contributed by atoms with van der Waals surface area (Å²) in [4.78, 5) is 3.54. The summed E-state index contributed by atoms with van der Waals surface area (Å²) in [5.41, 5.74) is -0.894. The van der Waals surface area contributed by atoms with Crippen LogP contribution in [0, 0.1) is 0 Å². The lowest BCUT2D eigenvalue weighted by Crippen LogP contribution is -2.38. The molecule has 1 aliphatic rings. The Labute approximate surface area is 94.1 Å². The maximum Gasteiger partial charge on any atom is 0.417 e. The first-order valence-corrected chi connectivity index (χ1v) is 4.82. The Morgan fingerprint density at radius 1 is 1.44 bits per heavy atom. The van der Waals surface area contributed by atoms with Gasteiger partial charge in [0.1, 0.15) is 11.1 Å². The predicted molar refractivity (Wildman–Crippen MR) is 49.5 cm³/mol. The zero-order valence-electron chi connectivity index (χ0n) is 7.92. The Bertz CT molecular complexity index is 393. The molecule has 0 bridgehead atoms. The van der Waals surface area contributed by atoms with Crippen molar-refractivity contribution in [2.75, 3.05) is 13.2 Å². The van der Waals surface area contributed by atoms with Crippen molar-refractivity contribution in [3.05, 3.63) is 22.8 Å². The fraction of sp³-hybridized carbons (Fsp3) is 0.444. The summed E-state index contributed by atoms with van der Waals surface area (Å²) in [6.07, 6.45) is -3.93. The number of hydrogen-bond donors (Lipinski definition) is 0. The topological polar surface area (TPSA) is 31.4 Å². The Kier molecular flexibility index (Phi) is 2.94. The van der Waals surface area contributed by atoms with Crippen LogP contribution in [0.5, 0.6) is 5.88 Å². The molecule has 3 nitrogen and oxygen atoms in total. The minimum Gasteiger partial charge on any atom is -0.468 e. The Hall–Kier alpha value is -1.01. The molecule has 0 radical (unpaired) electrons. The highest BCUT2D eigenvalue weighted by Gasteiger charge is 2.32. The molecule has 7 heteroatoms. The minimum absolute atomic E-state index is 0.00275. The van der Waals surface area contributed by atoms with E-state index < -0.39 is 11.7 Å². The van der Waals surface area contributed by atoms with Crippen molar-refractivity contribution < 1.29 is 22.6 Å². The van der Waals surface area contributed by atoms with Crippen LogP contribution in [0.2, 0.25) is 5.02 Å². The first-order valence-electron chi connectivity index (χ1n) is 4.44. The van der Waals surface area contributed by atoms with Crippen LogP contribution in [-0.4, -0.2) is 24.3 Å². The van der Waals surface area contributed by atoms with Crippen molar-refractivity contribution in [3.8, 4) is 5.88 Å². The van der Waals surface area contributed by atoms with E-state index in [9.17, 15) is 13.2 Å². The Balaban J connectivity index is 2.15. The van der Waals surface area contributed by atoms with Gasteiger partial charge in [0.25, 0.3) is 0 Å². The van der Waals surface area contributed by atoms with Gasteiger partial charge in [-0.2, -0.15) is 13.2 Å². The van der Waals surface area contributed by atoms with Crippen LogP contribution in [0.15, 0.2) is 12.3 Å². The summed E-state index contributed by atoms with van der Waals surface area (Å²) in [5.74, 6) is 0.00275. The molecule has 88 valence electrons. The van der Waals surface area contributed by atoms with E-state index in [1.165, 1.54) is 0 Å². The molecule has 0 N–H and O–H groups in total. The third-order valence-corrected chi connectivity index (χ3v) is 2.29. The van der Waals surface area contributed by atoms with Crippen molar-refractivity contribution in [1.29, 1.82) is 0 Å². The number of halogens is 4. The Morgan fingerprint density at radius 2 is 2.12 bits per heavy atom. The first-order chi connectivity index (χ1) is 7.47. The van der Waals surface area contributed by atoms with E-state index in [4.69, 9.17) is 21.1 Å². The molecular formula is C9H7ClF3NO2. The van der Waals surface area contributed by atoms with Gasteiger partial charge >= 0.3 is 6.18 Å². The monoisotopic (exact) mass is 253 g/mol. The number of hydrogen-bond acceptors (Lipinski definition) is 3. The molecule has 1 aromatic heterocycles. The van der Waals surface area contributed by atoms with Crippen LogP contribution in [0.25, 0.3) is 0 Å². The van der Waals surface area contributed by atoms with Gasteiger partial charge in [-0.25, -0.2) is 4.98 Å². The maximum absolute atomic E-state index is 12.3. The number of ether oxygens (including phenoxy) is 2. The molecule has 1 saturated heterocycles. The molecule has 1 aliphatic heterocycles. The van der Waals surface area contributed by atoms with Gasteiger partial charge in [-0.05, 0) is 6.07 Å². The summed E-state index contributed by atoms with van der Waals surface area (Å²) in [6.45, 7) is 0.804. The van der Waals surface area contributed by atoms with E-state index >= 15 is 0 Å². The fourth-order valence-electron chi connectivity index (χ4n) is 1.11. The normalized spacial score (nSPS) is 17.0. The number of pyridine rings is 1. The first kappa shape index (κ1) is 11.5. The second-order valence-electron chi connectivity index (χ2n) is 3.29. The quantitative estimate of drug-likeness (QED) is 0.812. The van der Waals surface area contributed by atoms with E-state index in [2.05, 4.69) is 4.98 Å². The third kappa shape index (κ3) is 2.38. The fourth-order valence-corrected chi connectivity index (χ4v) is 1.32. The van der Waals surface area contributed by atoms with Crippen LogP contribution >= 0.6 is 11.6 Å². The smallest absolute Gasteiger partial charge is 0.417 e. The van der Waals surface area contributed by atoms with E-state index in [0.29, 0.717) is 19.4 Å². The summed E-state index contributed by atoms with van der Waals surface area (Å²) in [5, 5.41) is -0.151. The van der Waals surface area contributed by atoms with Crippen LogP contribution in [-0.2, 0) is 10.9 Å². The lowest BCUT2D eigenvalue weighted by atomic mass is 10.3. The van der Waals surface area contributed by atoms with Crippen LogP contribution in [0.4, 0.5) is 13.2 Å². The summed E-state index contributed by atoms with van der Waals surface area (Å²) in [7, 11) is 0. The molecule has 0 aromatic carbocycles. The van der Waals surface area contributed by atoms with Crippen LogP contribution in [0.3, 0.4) is 0 Å². The molecule has 1 aromatic rings. The molecule has 2 heterocycles. The summed E-state index contributed by atoms with van der Waals surface area (Å²) >= 11 is 5.63. The van der Waals surface area contributed by atoms with E-state index in [-0.39, 0.29) is 17.0 Å². The molecule has 0 atom stereocenters. The third-order valence-electron chi connectivity index (χ3n) is 2.02. The van der Waals surface area contributed by atoms with Crippen LogP contribution in [0.1, 0.15) is 5.56 Å². The van der Waals surface area contributed by atoms with Gasteiger partial charge in [-0.1, -0.05) is 11.6 Å². The van der Waals surface area contributed by atoms with Gasteiger partial charge in [-0.15, -0.1) is 0 Å². The van der Waals surface area contributed by atoms with E-state index in [0.717, 1.165) is 6.07 Å².